The van der Waals surface area contributed by atoms with Crippen molar-refractivity contribution in [2.75, 3.05) is 5.32 Å². The predicted octanol–water partition coefficient (Wildman–Crippen LogP) is 3.67. The van der Waals surface area contributed by atoms with Crippen LogP contribution in [0.15, 0.2) is 71.0 Å². The van der Waals surface area contributed by atoms with Crippen LogP contribution < -0.4 is 10.9 Å². The first-order chi connectivity index (χ1) is 14.5. The average Bonchev–Trinajstić information content (AvgIpc) is 3.28. The Labute approximate surface area is 175 Å². The molecule has 3 heterocycles. The number of benzene rings is 1. The molecular weight excluding hydrogens is 402 g/mol. The van der Waals surface area contributed by atoms with Gasteiger partial charge in [-0.15, -0.1) is 11.3 Å². The number of aryl methyl sites for hydroxylation is 1. The summed E-state index contributed by atoms with van der Waals surface area (Å²) in [5.74, 6) is -0.748. The van der Waals surface area contributed by atoms with Gasteiger partial charge in [-0.2, -0.15) is 0 Å². The van der Waals surface area contributed by atoms with Gasteiger partial charge in [0.2, 0.25) is 0 Å². The van der Waals surface area contributed by atoms with Crippen LogP contribution in [0.25, 0.3) is 5.65 Å². The number of anilines is 1. The molecule has 0 aliphatic carbocycles. The number of esters is 1. The van der Waals surface area contributed by atoms with Crippen LogP contribution in [0, 0.1) is 6.92 Å². The van der Waals surface area contributed by atoms with Crippen LogP contribution >= 0.6 is 11.3 Å². The zero-order valence-corrected chi connectivity index (χ0v) is 16.8. The van der Waals surface area contributed by atoms with E-state index < -0.39 is 5.97 Å². The highest BCUT2D eigenvalue weighted by Crippen LogP contribution is 2.15. The highest BCUT2D eigenvalue weighted by molar-refractivity contribution is 7.12. The molecule has 0 fully saturated rings. The maximum Gasteiger partial charge on any atom is 0.338 e. The molecule has 30 heavy (non-hydrogen) atoms. The van der Waals surface area contributed by atoms with E-state index in [-0.39, 0.29) is 18.1 Å². The van der Waals surface area contributed by atoms with Crippen molar-refractivity contribution in [3.63, 3.8) is 0 Å². The number of hydrogen-bond acceptors (Lipinski definition) is 6. The molecule has 150 valence electrons. The van der Waals surface area contributed by atoms with Gasteiger partial charge in [0, 0.05) is 18.0 Å². The molecule has 1 N–H and O–H groups in total. The minimum Gasteiger partial charge on any atom is -0.456 e. The number of rotatable bonds is 5. The van der Waals surface area contributed by atoms with Crippen molar-refractivity contribution < 1.29 is 14.3 Å². The summed E-state index contributed by atoms with van der Waals surface area (Å²) in [6, 6.07) is 14.9. The molecule has 1 aromatic carbocycles. The molecule has 8 heteroatoms. The second-order valence-electron chi connectivity index (χ2n) is 6.56. The van der Waals surface area contributed by atoms with Crippen molar-refractivity contribution in [3.05, 3.63) is 98.2 Å². The summed E-state index contributed by atoms with van der Waals surface area (Å²) in [7, 11) is 0. The van der Waals surface area contributed by atoms with Crippen molar-refractivity contribution in [2.24, 2.45) is 0 Å². The third-order valence-electron chi connectivity index (χ3n) is 4.41. The number of carbonyl (C=O) groups excluding carboxylic acids is 2. The summed E-state index contributed by atoms with van der Waals surface area (Å²) in [5, 5.41) is 4.60. The molecule has 4 rings (SSSR count). The molecule has 3 aromatic heterocycles. The van der Waals surface area contributed by atoms with Crippen molar-refractivity contribution in [2.45, 2.75) is 13.5 Å². The van der Waals surface area contributed by atoms with Crippen LogP contribution in [0.5, 0.6) is 0 Å². The van der Waals surface area contributed by atoms with Crippen molar-refractivity contribution in [1.82, 2.24) is 9.38 Å². The minimum absolute atomic E-state index is 0.115. The Morgan fingerprint density at radius 1 is 1.13 bits per heavy atom. The lowest BCUT2D eigenvalue weighted by Crippen LogP contribution is -2.17. The Balaban J connectivity index is 1.42. The lowest BCUT2D eigenvalue weighted by atomic mass is 10.2. The summed E-state index contributed by atoms with van der Waals surface area (Å²) in [5.41, 5.74) is 2.43. The van der Waals surface area contributed by atoms with Crippen LogP contribution in [0.1, 0.15) is 31.3 Å². The van der Waals surface area contributed by atoms with Crippen molar-refractivity contribution in [1.29, 1.82) is 0 Å². The van der Waals surface area contributed by atoms with Gasteiger partial charge < -0.3 is 10.1 Å². The van der Waals surface area contributed by atoms with Gasteiger partial charge >= 0.3 is 5.97 Å². The van der Waals surface area contributed by atoms with E-state index in [2.05, 4.69) is 10.3 Å². The molecule has 0 aliphatic heterocycles. The van der Waals surface area contributed by atoms with E-state index in [1.54, 1.807) is 48.7 Å². The van der Waals surface area contributed by atoms with Gasteiger partial charge in [-0.3, -0.25) is 14.0 Å². The standard InChI is InChI=1S/C22H17N3O4S/c1-14-4-2-10-25-19(26)12-17(23-20(14)25)13-29-22(28)15-6-8-16(9-7-15)24-21(27)18-5-3-11-30-18/h2-12H,13H2,1H3,(H,24,27). The Hall–Kier alpha value is -3.78. The highest BCUT2D eigenvalue weighted by Gasteiger charge is 2.11. The molecule has 0 atom stereocenters. The lowest BCUT2D eigenvalue weighted by molar-refractivity contribution is 0.0467. The Morgan fingerprint density at radius 2 is 1.93 bits per heavy atom. The lowest BCUT2D eigenvalue weighted by Gasteiger charge is -2.08. The monoisotopic (exact) mass is 419 g/mol. The maximum atomic E-state index is 12.3. The molecular formula is C22H17N3O4S. The number of fused-ring (bicyclic) bond motifs is 1. The number of nitrogens with zero attached hydrogens (tertiary/aromatic N) is 2. The molecule has 0 saturated carbocycles. The summed E-state index contributed by atoms with van der Waals surface area (Å²) in [6.07, 6.45) is 1.65. The second-order valence-corrected chi connectivity index (χ2v) is 7.50. The van der Waals surface area contributed by atoms with Gasteiger partial charge in [-0.25, -0.2) is 9.78 Å². The SMILES string of the molecule is Cc1cccn2c(=O)cc(COC(=O)c3ccc(NC(=O)c4cccs4)cc3)nc12. The smallest absolute Gasteiger partial charge is 0.338 e. The summed E-state index contributed by atoms with van der Waals surface area (Å²) in [6.45, 7) is 1.74. The van der Waals surface area contributed by atoms with Gasteiger partial charge in [-0.05, 0) is 54.3 Å². The minimum atomic E-state index is -0.544. The van der Waals surface area contributed by atoms with Crippen LogP contribution in [0.3, 0.4) is 0 Å². The van der Waals surface area contributed by atoms with E-state index in [9.17, 15) is 14.4 Å². The fourth-order valence-corrected chi connectivity index (χ4v) is 3.51. The third-order valence-corrected chi connectivity index (χ3v) is 5.28. The Bertz CT molecular complexity index is 1280. The van der Waals surface area contributed by atoms with Crippen LogP contribution in [0.2, 0.25) is 0 Å². The van der Waals surface area contributed by atoms with E-state index in [1.807, 2.05) is 18.4 Å². The second kappa shape index (κ2) is 8.30. The third kappa shape index (κ3) is 4.13. The number of carbonyl (C=O) groups is 2. The molecule has 7 nitrogen and oxygen atoms in total. The summed E-state index contributed by atoms with van der Waals surface area (Å²) >= 11 is 1.35. The van der Waals surface area contributed by atoms with Gasteiger partial charge in [0.05, 0.1) is 16.1 Å². The quantitative estimate of drug-likeness (QED) is 0.499. The zero-order chi connectivity index (χ0) is 21.1. The predicted molar refractivity (Wildman–Crippen MR) is 114 cm³/mol. The van der Waals surface area contributed by atoms with E-state index in [1.165, 1.54) is 21.8 Å². The molecule has 4 aromatic rings. The molecule has 0 saturated heterocycles. The topological polar surface area (TPSA) is 89.8 Å². The number of ether oxygens (including phenoxy) is 1. The van der Waals surface area contributed by atoms with Crippen LogP contribution in [0.4, 0.5) is 5.69 Å². The normalized spacial score (nSPS) is 10.7. The molecule has 0 bridgehead atoms. The van der Waals surface area contributed by atoms with E-state index in [0.29, 0.717) is 27.5 Å². The van der Waals surface area contributed by atoms with E-state index >= 15 is 0 Å². The molecule has 0 aliphatic rings. The van der Waals surface area contributed by atoms with E-state index in [4.69, 9.17) is 4.74 Å². The molecule has 0 radical (unpaired) electrons. The Kier molecular flexibility index (Phi) is 5.40. The number of thiophene rings is 1. The van der Waals surface area contributed by atoms with Crippen molar-refractivity contribution >= 4 is 34.5 Å². The fourth-order valence-electron chi connectivity index (χ4n) is 2.90. The summed E-state index contributed by atoms with van der Waals surface area (Å²) < 4.78 is 6.75. The van der Waals surface area contributed by atoms with Gasteiger partial charge in [0.1, 0.15) is 12.3 Å². The van der Waals surface area contributed by atoms with Gasteiger partial charge in [0.15, 0.2) is 0 Å². The first-order valence-electron chi connectivity index (χ1n) is 9.11. The molecule has 0 spiro atoms. The fraction of sp³-hybridized carbons (Fsp3) is 0.0909. The van der Waals surface area contributed by atoms with E-state index in [0.717, 1.165) is 5.56 Å². The largest absolute Gasteiger partial charge is 0.456 e. The average molecular weight is 419 g/mol. The number of amides is 1. The zero-order valence-electron chi connectivity index (χ0n) is 16.0. The van der Waals surface area contributed by atoms with Gasteiger partial charge in [-0.1, -0.05) is 12.1 Å². The van der Waals surface area contributed by atoms with Crippen LogP contribution in [-0.4, -0.2) is 21.3 Å². The number of nitrogens with one attached hydrogen (secondary N) is 1. The van der Waals surface area contributed by atoms with Crippen molar-refractivity contribution in [3.8, 4) is 0 Å². The molecule has 0 unspecified atom stereocenters. The highest BCUT2D eigenvalue weighted by atomic mass is 32.1. The number of pyridine rings is 1. The van der Waals surface area contributed by atoms with Gasteiger partial charge in [0.25, 0.3) is 11.5 Å². The summed E-state index contributed by atoms with van der Waals surface area (Å²) in [4.78, 5) is 41.6. The molecule has 1 amide bonds. The number of aromatic nitrogens is 2. The number of hydrogen-bond donors (Lipinski definition) is 1. The first kappa shape index (κ1) is 19.5. The first-order valence-corrected chi connectivity index (χ1v) is 9.99. The maximum absolute atomic E-state index is 12.3. The Morgan fingerprint density at radius 3 is 2.67 bits per heavy atom. The van der Waals surface area contributed by atoms with Crippen LogP contribution in [-0.2, 0) is 11.3 Å².